The molecule has 4 aromatic rings. The average Bonchev–Trinajstić information content (AvgIpc) is 2.97. The van der Waals surface area contributed by atoms with Crippen molar-refractivity contribution in [3.63, 3.8) is 0 Å². The second-order valence-corrected chi connectivity index (χ2v) is 11.3. The number of esters is 1. The van der Waals surface area contributed by atoms with Crippen LogP contribution in [0.2, 0.25) is 0 Å². The normalized spacial score (nSPS) is 11.5. The molecule has 0 radical (unpaired) electrons. The molecule has 38 heavy (non-hydrogen) atoms. The Kier molecular flexibility index (Phi) is 8.51. The largest absolute Gasteiger partial charge is 0.497 e. The summed E-state index contributed by atoms with van der Waals surface area (Å²) in [6.07, 6.45) is 1.46. The molecule has 0 aliphatic rings. The number of carbonyl (C=O) groups is 1. The van der Waals surface area contributed by atoms with E-state index in [0.717, 1.165) is 15.9 Å². The zero-order valence-corrected chi connectivity index (χ0v) is 22.0. The highest BCUT2D eigenvalue weighted by atomic mass is 31.2. The predicted octanol–water partition coefficient (Wildman–Crippen LogP) is 5.34. The van der Waals surface area contributed by atoms with Crippen molar-refractivity contribution in [3.05, 3.63) is 130 Å². The van der Waals surface area contributed by atoms with E-state index in [0.29, 0.717) is 17.0 Å². The summed E-state index contributed by atoms with van der Waals surface area (Å²) in [5, 5.41) is 14.5. The molecular formula is C30H27N2O5P. The minimum Gasteiger partial charge on any atom is -0.497 e. The van der Waals surface area contributed by atoms with Crippen molar-refractivity contribution in [2.75, 3.05) is 20.8 Å². The zero-order valence-electron chi connectivity index (χ0n) is 21.1. The third kappa shape index (κ3) is 5.74. The topological polar surface area (TPSA) is 91.0 Å². The fourth-order valence-corrected chi connectivity index (χ4v) is 7.76. The molecule has 0 aliphatic carbocycles. The summed E-state index contributed by atoms with van der Waals surface area (Å²) in [5.41, 5.74) is 0.990. The van der Waals surface area contributed by atoms with Gasteiger partial charge < -0.3 is 9.47 Å². The molecular weight excluding hydrogens is 499 g/mol. The zero-order chi connectivity index (χ0) is 27.0. The number of methoxy groups -OCH3 is 2. The van der Waals surface area contributed by atoms with E-state index in [1.54, 1.807) is 12.1 Å². The number of hydrogen-bond donors (Lipinski definition) is 0. The van der Waals surface area contributed by atoms with E-state index in [2.05, 4.69) is 36.4 Å². The van der Waals surface area contributed by atoms with Gasteiger partial charge in [-0.2, -0.15) is 0 Å². The highest BCUT2D eigenvalue weighted by Gasteiger charge is 2.28. The molecule has 0 N–H and O–H groups in total. The van der Waals surface area contributed by atoms with Gasteiger partial charge in [0.2, 0.25) is 6.54 Å². The molecule has 4 aromatic carbocycles. The van der Waals surface area contributed by atoms with Crippen molar-refractivity contribution in [2.45, 2.75) is 0 Å². The molecule has 0 aliphatic heterocycles. The van der Waals surface area contributed by atoms with Crippen molar-refractivity contribution in [3.8, 4) is 5.75 Å². The minimum absolute atomic E-state index is 0.0923. The number of benzene rings is 4. The third-order valence-electron chi connectivity index (χ3n) is 5.96. The van der Waals surface area contributed by atoms with Gasteiger partial charge in [0.15, 0.2) is 0 Å². The van der Waals surface area contributed by atoms with Gasteiger partial charge in [0, 0.05) is 26.4 Å². The molecule has 0 unspecified atom stereocenters. The highest BCUT2D eigenvalue weighted by molar-refractivity contribution is 7.87. The lowest BCUT2D eigenvalue weighted by Gasteiger charge is -2.27. The van der Waals surface area contributed by atoms with Crippen LogP contribution in [0.4, 0.5) is 5.69 Å². The van der Waals surface area contributed by atoms with Crippen molar-refractivity contribution >= 4 is 40.7 Å². The molecule has 192 valence electrons. The molecule has 0 saturated heterocycles. The van der Waals surface area contributed by atoms with Gasteiger partial charge in [0.1, 0.15) is 11.3 Å². The van der Waals surface area contributed by atoms with E-state index >= 15 is 0 Å². The fraction of sp³-hybridized carbons (Fsp3) is 0.100. The van der Waals surface area contributed by atoms with E-state index < -0.39 is 24.5 Å². The molecule has 0 amide bonds. The highest BCUT2D eigenvalue weighted by Crippen LogP contribution is 2.50. The minimum atomic E-state index is -2.62. The van der Waals surface area contributed by atoms with E-state index in [4.69, 9.17) is 14.2 Å². The smallest absolute Gasteiger partial charge is 0.340 e. The van der Waals surface area contributed by atoms with Crippen molar-refractivity contribution in [2.24, 2.45) is 4.74 Å². The Bertz CT molecular complexity index is 1400. The first-order chi connectivity index (χ1) is 18.5. The van der Waals surface area contributed by atoms with Crippen LogP contribution in [0.15, 0.2) is 120 Å². The van der Waals surface area contributed by atoms with E-state index in [1.807, 2.05) is 60.7 Å². The summed E-state index contributed by atoms with van der Waals surface area (Å²) in [5.74, 6) is -0.241. The summed E-state index contributed by atoms with van der Waals surface area (Å²) in [4.78, 5) is 23.2. The Labute approximate surface area is 221 Å². The molecule has 0 fully saturated rings. The van der Waals surface area contributed by atoms with Crippen LogP contribution in [0.1, 0.15) is 5.56 Å². The second kappa shape index (κ2) is 12.2. The van der Waals surface area contributed by atoms with Crippen LogP contribution in [0.5, 0.6) is 5.75 Å². The summed E-state index contributed by atoms with van der Waals surface area (Å²) in [7, 11) is 0.111. The van der Waals surface area contributed by atoms with Gasteiger partial charge in [-0.3, -0.25) is 14.9 Å². The van der Waals surface area contributed by atoms with E-state index in [-0.39, 0.29) is 5.57 Å². The number of nitrogens with zero attached hydrogens (tertiary/aromatic N) is 2. The Hall–Kier alpha value is -4.48. The molecule has 8 heteroatoms. The van der Waals surface area contributed by atoms with Crippen LogP contribution in [-0.4, -0.2) is 31.7 Å². The maximum Gasteiger partial charge on any atom is 0.340 e. The van der Waals surface area contributed by atoms with Crippen LogP contribution >= 0.6 is 7.05 Å². The number of carbonyl (C=O) groups excluding carboxylic acids is 1. The third-order valence-corrected chi connectivity index (χ3v) is 9.61. The summed E-state index contributed by atoms with van der Waals surface area (Å²) in [6.45, 7) is -0.681. The molecule has 0 spiro atoms. The van der Waals surface area contributed by atoms with Gasteiger partial charge in [0.25, 0.3) is 0 Å². The Morgan fingerprint density at radius 1 is 0.842 bits per heavy atom. The monoisotopic (exact) mass is 526 g/mol. The van der Waals surface area contributed by atoms with Crippen LogP contribution in [0, 0.1) is 10.1 Å². The van der Waals surface area contributed by atoms with Gasteiger partial charge in [0.05, 0.1) is 27.0 Å². The Morgan fingerprint density at radius 2 is 1.34 bits per heavy atom. The molecule has 0 atom stereocenters. The molecule has 7 nitrogen and oxygen atoms in total. The first-order valence-electron chi connectivity index (χ1n) is 11.9. The Balaban J connectivity index is 2.12. The summed E-state index contributed by atoms with van der Waals surface area (Å²) in [6, 6.07) is 35.6. The fourth-order valence-electron chi connectivity index (χ4n) is 4.21. The van der Waals surface area contributed by atoms with Crippen molar-refractivity contribution < 1.29 is 19.2 Å². The van der Waals surface area contributed by atoms with Crippen LogP contribution in [0.3, 0.4) is 0 Å². The number of nitro groups is 1. The average molecular weight is 527 g/mol. The van der Waals surface area contributed by atoms with Gasteiger partial charge in [-0.1, -0.05) is 91.0 Å². The number of rotatable bonds is 9. The van der Waals surface area contributed by atoms with Crippen LogP contribution in [-0.2, 0) is 9.53 Å². The molecule has 4 rings (SSSR count). The lowest BCUT2D eigenvalue weighted by molar-refractivity contribution is -0.470. The molecule has 0 aromatic heterocycles. The van der Waals surface area contributed by atoms with Crippen molar-refractivity contribution in [1.29, 1.82) is 0 Å². The first kappa shape index (κ1) is 26.6. The number of hydrogen-bond acceptors (Lipinski definition) is 6. The van der Waals surface area contributed by atoms with Crippen LogP contribution in [0.25, 0.3) is 6.08 Å². The number of ether oxygens (including phenoxy) is 2. The Morgan fingerprint density at radius 3 is 1.76 bits per heavy atom. The predicted molar refractivity (Wildman–Crippen MR) is 152 cm³/mol. The molecule has 0 bridgehead atoms. The quantitative estimate of drug-likeness (QED) is 0.0966. The van der Waals surface area contributed by atoms with E-state index in [1.165, 1.54) is 20.3 Å². The lowest BCUT2D eigenvalue weighted by Crippen LogP contribution is -2.25. The van der Waals surface area contributed by atoms with Gasteiger partial charge >= 0.3 is 5.97 Å². The maximum absolute atomic E-state index is 12.4. The standard InChI is InChI=1S/C30H27N2O5P/c1-36-25-18-19-29(23(21-25)20-24(22-32(34)35)30(33)37-2)31-38(26-12-6-3-7-13-26,27-14-8-4-9-15-27)28-16-10-5-11-17-28/h3-21H,22H2,1-2H3/b24-20+. The lowest BCUT2D eigenvalue weighted by atomic mass is 10.1. The van der Waals surface area contributed by atoms with Gasteiger partial charge in [-0.15, -0.1) is 0 Å². The van der Waals surface area contributed by atoms with Gasteiger partial charge in [-0.05, 0) is 24.3 Å². The van der Waals surface area contributed by atoms with Crippen LogP contribution < -0.4 is 20.7 Å². The molecule has 0 saturated carbocycles. The van der Waals surface area contributed by atoms with E-state index in [9.17, 15) is 14.9 Å². The van der Waals surface area contributed by atoms with Gasteiger partial charge in [-0.25, -0.2) is 4.79 Å². The summed E-state index contributed by atoms with van der Waals surface area (Å²) < 4.78 is 15.7. The first-order valence-corrected chi connectivity index (χ1v) is 13.6. The maximum atomic E-state index is 12.4. The SMILES string of the molecule is COC(=O)/C(=C/c1cc(OC)ccc1N=P(c1ccccc1)(c1ccccc1)c1ccccc1)C[N+](=O)[O-]. The van der Waals surface area contributed by atoms with Crippen molar-refractivity contribution in [1.82, 2.24) is 0 Å². The molecule has 0 heterocycles. The second-order valence-electron chi connectivity index (χ2n) is 8.32. The summed E-state index contributed by atoms with van der Waals surface area (Å²) >= 11 is 0.